The molecule has 3 aromatic rings. The summed E-state index contributed by atoms with van der Waals surface area (Å²) in [4.78, 5) is 24.9. The molecule has 2 aromatic carbocycles. The van der Waals surface area contributed by atoms with Gasteiger partial charge in [0.1, 0.15) is 5.75 Å². The number of methoxy groups -OCH3 is 1. The van der Waals surface area contributed by atoms with Crippen LogP contribution >= 0.6 is 0 Å². The minimum atomic E-state index is -0.491. The first-order chi connectivity index (χ1) is 12.7. The van der Waals surface area contributed by atoms with Crippen molar-refractivity contribution in [3.8, 4) is 5.75 Å². The van der Waals surface area contributed by atoms with E-state index in [2.05, 4.69) is 15.6 Å². The molecule has 0 spiro atoms. The van der Waals surface area contributed by atoms with Gasteiger partial charge in [0.2, 0.25) is 0 Å². The fourth-order valence-electron chi connectivity index (χ4n) is 2.60. The van der Waals surface area contributed by atoms with Crippen LogP contribution in [0.2, 0.25) is 0 Å². The zero-order valence-corrected chi connectivity index (χ0v) is 14.5. The number of hydrogen-bond acceptors (Lipinski definition) is 5. The monoisotopic (exact) mass is 350 g/mol. The molecule has 0 fully saturated rings. The highest BCUT2D eigenvalue weighted by Gasteiger charge is 2.15. The number of rotatable bonds is 5. The first-order valence-corrected chi connectivity index (χ1v) is 8.12. The van der Waals surface area contributed by atoms with E-state index in [4.69, 9.17) is 4.74 Å². The average molecular weight is 350 g/mol. The van der Waals surface area contributed by atoms with Crippen LogP contribution in [0, 0.1) is 0 Å². The largest absolute Gasteiger partial charge is 0.496 e. The molecule has 132 valence electrons. The van der Waals surface area contributed by atoms with Gasteiger partial charge in [-0.05, 0) is 25.1 Å². The van der Waals surface area contributed by atoms with Gasteiger partial charge in [0.15, 0.2) is 5.69 Å². The van der Waals surface area contributed by atoms with Crippen LogP contribution in [-0.4, -0.2) is 29.0 Å². The van der Waals surface area contributed by atoms with Crippen molar-refractivity contribution < 1.29 is 9.53 Å². The Labute approximate surface area is 149 Å². The van der Waals surface area contributed by atoms with Crippen molar-refractivity contribution >= 4 is 22.9 Å². The quantitative estimate of drug-likeness (QED) is 0.564. The fraction of sp³-hybridized carbons (Fsp3) is 0.158. The smallest absolute Gasteiger partial charge is 0.292 e. The van der Waals surface area contributed by atoms with Crippen molar-refractivity contribution in [1.29, 1.82) is 0 Å². The van der Waals surface area contributed by atoms with Gasteiger partial charge < -0.3 is 4.74 Å². The van der Waals surface area contributed by atoms with Crippen LogP contribution < -0.4 is 15.7 Å². The molecule has 26 heavy (non-hydrogen) atoms. The summed E-state index contributed by atoms with van der Waals surface area (Å²) in [5.41, 5.74) is 3.11. The molecule has 0 radical (unpaired) electrons. The second kappa shape index (κ2) is 7.60. The Balaban J connectivity index is 1.92. The van der Waals surface area contributed by atoms with Crippen LogP contribution in [0.5, 0.6) is 5.75 Å². The predicted octanol–water partition coefficient (Wildman–Crippen LogP) is 2.19. The van der Waals surface area contributed by atoms with E-state index in [1.165, 1.54) is 10.9 Å². The second-order valence-electron chi connectivity index (χ2n) is 5.46. The van der Waals surface area contributed by atoms with Crippen molar-refractivity contribution in [2.75, 3.05) is 7.11 Å². The number of carbonyl (C=O) groups is 1. The molecule has 1 heterocycles. The molecule has 1 N–H and O–H groups in total. The molecule has 0 atom stereocenters. The summed E-state index contributed by atoms with van der Waals surface area (Å²) >= 11 is 0. The van der Waals surface area contributed by atoms with Crippen LogP contribution in [0.1, 0.15) is 23.0 Å². The molecule has 0 bridgehead atoms. The van der Waals surface area contributed by atoms with E-state index in [-0.39, 0.29) is 11.3 Å². The third-order valence-electron chi connectivity index (χ3n) is 3.89. The van der Waals surface area contributed by atoms with Crippen molar-refractivity contribution in [3.05, 3.63) is 70.1 Å². The van der Waals surface area contributed by atoms with Gasteiger partial charge in [-0.1, -0.05) is 30.3 Å². The minimum Gasteiger partial charge on any atom is -0.496 e. The maximum absolute atomic E-state index is 12.5. The molecule has 0 aliphatic carbocycles. The van der Waals surface area contributed by atoms with Gasteiger partial charge >= 0.3 is 0 Å². The number of carbonyl (C=O) groups excluding carboxylic acids is 1. The molecular formula is C19H18N4O3. The highest BCUT2D eigenvalue weighted by Crippen LogP contribution is 2.15. The van der Waals surface area contributed by atoms with Gasteiger partial charge in [0.05, 0.1) is 18.7 Å². The van der Waals surface area contributed by atoms with Crippen molar-refractivity contribution in [2.24, 2.45) is 5.10 Å². The van der Waals surface area contributed by atoms with Gasteiger partial charge in [0.25, 0.3) is 11.5 Å². The third-order valence-corrected chi connectivity index (χ3v) is 3.89. The maximum Gasteiger partial charge on any atom is 0.292 e. The summed E-state index contributed by atoms with van der Waals surface area (Å²) in [6.07, 6.45) is 1.49. The predicted molar refractivity (Wildman–Crippen MR) is 99.7 cm³/mol. The Bertz CT molecular complexity index is 1040. The van der Waals surface area contributed by atoms with E-state index in [0.717, 1.165) is 5.56 Å². The Morgan fingerprint density at radius 2 is 1.88 bits per heavy atom. The first-order valence-electron chi connectivity index (χ1n) is 8.12. The number of ether oxygens (including phenoxy) is 1. The molecule has 7 nitrogen and oxygen atoms in total. The molecule has 7 heteroatoms. The highest BCUT2D eigenvalue weighted by atomic mass is 16.5. The molecule has 1 aromatic heterocycles. The number of aryl methyl sites for hydroxylation is 1. The van der Waals surface area contributed by atoms with Crippen LogP contribution in [0.15, 0.2) is 58.4 Å². The lowest BCUT2D eigenvalue weighted by Crippen LogP contribution is -2.28. The Hall–Kier alpha value is -3.48. The maximum atomic E-state index is 12.5. The van der Waals surface area contributed by atoms with Crippen molar-refractivity contribution in [1.82, 2.24) is 15.2 Å². The number of nitrogens with zero attached hydrogens (tertiary/aromatic N) is 3. The van der Waals surface area contributed by atoms with E-state index in [0.29, 0.717) is 23.1 Å². The number of benzene rings is 2. The summed E-state index contributed by atoms with van der Waals surface area (Å²) in [7, 11) is 1.56. The van der Waals surface area contributed by atoms with Crippen molar-refractivity contribution in [3.63, 3.8) is 0 Å². The molecule has 0 saturated heterocycles. The summed E-state index contributed by atoms with van der Waals surface area (Å²) in [5.74, 6) is 0.156. The van der Waals surface area contributed by atoms with Crippen molar-refractivity contribution in [2.45, 2.75) is 13.5 Å². The van der Waals surface area contributed by atoms with Crippen LogP contribution in [0.25, 0.3) is 10.8 Å². The molecular weight excluding hydrogens is 332 g/mol. The van der Waals surface area contributed by atoms with E-state index in [1.54, 1.807) is 44.4 Å². The van der Waals surface area contributed by atoms with E-state index >= 15 is 0 Å². The Morgan fingerprint density at radius 3 is 2.62 bits per heavy atom. The molecule has 1 amide bonds. The third kappa shape index (κ3) is 3.32. The first kappa shape index (κ1) is 17.3. The fourth-order valence-corrected chi connectivity index (χ4v) is 2.60. The topological polar surface area (TPSA) is 85.6 Å². The number of aromatic nitrogens is 2. The van der Waals surface area contributed by atoms with Gasteiger partial charge in [-0.3, -0.25) is 9.59 Å². The van der Waals surface area contributed by atoms with Crippen LogP contribution in [0.3, 0.4) is 0 Å². The minimum absolute atomic E-state index is 0.152. The number of para-hydroxylation sites is 1. The summed E-state index contributed by atoms with van der Waals surface area (Å²) < 4.78 is 6.50. The van der Waals surface area contributed by atoms with Gasteiger partial charge in [0, 0.05) is 17.5 Å². The molecule has 0 unspecified atom stereocenters. The zero-order chi connectivity index (χ0) is 18.5. The number of amides is 1. The molecule has 3 rings (SSSR count). The van der Waals surface area contributed by atoms with Gasteiger partial charge in [-0.2, -0.15) is 10.2 Å². The van der Waals surface area contributed by atoms with Gasteiger partial charge in [-0.15, -0.1) is 0 Å². The summed E-state index contributed by atoms with van der Waals surface area (Å²) in [6, 6.07) is 14.2. The molecule has 0 saturated carbocycles. The SMILES string of the molecule is CCn1nc(C(=O)N/N=C\c2ccccc2OC)c2ccccc2c1=O. The average Bonchev–Trinajstić information content (AvgIpc) is 2.68. The Morgan fingerprint density at radius 1 is 1.19 bits per heavy atom. The van der Waals surface area contributed by atoms with Crippen LogP contribution in [-0.2, 0) is 6.54 Å². The summed E-state index contributed by atoms with van der Waals surface area (Å²) in [6.45, 7) is 2.17. The zero-order valence-electron chi connectivity index (χ0n) is 14.5. The lowest BCUT2D eigenvalue weighted by Gasteiger charge is -2.08. The Kier molecular flexibility index (Phi) is 5.07. The van der Waals surface area contributed by atoms with E-state index in [1.807, 2.05) is 18.2 Å². The lowest BCUT2D eigenvalue weighted by molar-refractivity contribution is 0.0949. The summed E-state index contributed by atoms with van der Waals surface area (Å²) in [5, 5.41) is 9.09. The number of fused-ring (bicyclic) bond motifs is 1. The van der Waals surface area contributed by atoms with Crippen LogP contribution in [0.4, 0.5) is 0 Å². The number of hydrazone groups is 1. The molecule has 0 aliphatic rings. The number of nitrogens with one attached hydrogen (secondary N) is 1. The molecule has 0 aliphatic heterocycles. The van der Waals surface area contributed by atoms with E-state index in [9.17, 15) is 9.59 Å². The van der Waals surface area contributed by atoms with E-state index < -0.39 is 5.91 Å². The standard InChI is InChI=1S/C19H18N4O3/c1-3-23-19(25)15-10-6-5-9-14(15)17(22-23)18(24)21-20-12-13-8-4-7-11-16(13)26-2/h4-12H,3H2,1-2H3,(H,21,24)/b20-12-. The lowest BCUT2D eigenvalue weighted by atomic mass is 10.1. The normalized spacial score (nSPS) is 11.0. The number of hydrogen-bond donors (Lipinski definition) is 1. The highest BCUT2D eigenvalue weighted by molar-refractivity contribution is 6.05. The second-order valence-corrected chi connectivity index (χ2v) is 5.46. The van der Waals surface area contributed by atoms with Gasteiger partial charge in [-0.25, -0.2) is 10.1 Å².